The summed E-state index contributed by atoms with van der Waals surface area (Å²) in [5.41, 5.74) is 0. The first-order valence-electron chi connectivity index (χ1n) is 2.77. The maximum absolute atomic E-state index is 11.6. The molecule has 0 fully saturated rings. The average molecular weight is 115 g/mol. The van der Waals surface area contributed by atoms with Gasteiger partial charge in [0.15, 0.2) is 6.67 Å². The maximum atomic E-state index is 11.6. The number of alkyl halides is 1. The Balaban J connectivity index is 3.26. The van der Waals surface area contributed by atoms with Gasteiger partial charge in [-0.25, -0.2) is 11.0 Å². The minimum Gasteiger partial charge on any atom is -0.311 e. The topological polar surface area (TPSA) is 4.36 Å². The van der Waals surface area contributed by atoms with Crippen LogP contribution in [0.15, 0.2) is 0 Å². The van der Waals surface area contributed by atoms with Crippen LogP contribution in [0.25, 0.3) is 4.85 Å². The third-order valence-electron chi connectivity index (χ3n) is 0.983. The zero-order valence-electron chi connectivity index (χ0n) is 5.02. The molecular weight excluding hydrogens is 105 g/mol. The van der Waals surface area contributed by atoms with E-state index in [1.54, 1.807) is 0 Å². The summed E-state index contributed by atoms with van der Waals surface area (Å²) in [6, 6.07) is -0.375. The van der Waals surface area contributed by atoms with Gasteiger partial charge in [0.05, 0.1) is 0 Å². The molecule has 2 heteroatoms. The molecule has 0 aromatic carbocycles. The van der Waals surface area contributed by atoms with Gasteiger partial charge in [-0.05, 0) is 6.42 Å². The molecule has 0 aromatic rings. The highest BCUT2D eigenvalue weighted by Crippen LogP contribution is 2.00. The lowest BCUT2D eigenvalue weighted by molar-refractivity contribution is 0.442. The third kappa shape index (κ3) is 2.57. The molecule has 0 radical (unpaired) electrons. The van der Waals surface area contributed by atoms with Gasteiger partial charge < -0.3 is 4.85 Å². The van der Waals surface area contributed by atoms with Gasteiger partial charge in [-0.1, -0.05) is 6.92 Å². The van der Waals surface area contributed by atoms with Crippen LogP contribution in [0.2, 0.25) is 0 Å². The second kappa shape index (κ2) is 4.58. The van der Waals surface area contributed by atoms with E-state index in [1.807, 2.05) is 6.92 Å². The number of hydrogen-bond donors (Lipinski definition) is 0. The van der Waals surface area contributed by atoms with Gasteiger partial charge in [-0.3, -0.25) is 0 Å². The van der Waals surface area contributed by atoms with E-state index < -0.39 is 6.67 Å². The van der Waals surface area contributed by atoms with Crippen LogP contribution >= 0.6 is 0 Å². The molecule has 0 aliphatic carbocycles. The third-order valence-corrected chi connectivity index (χ3v) is 0.983. The zero-order valence-corrected chi connectivity index (χ0v) is 5.02. The molecule has 0 spiro atoms. The molecule has 0 aromatic heterocycles. The fourth-order valence-corrected chi connectivity index (χ4v) is 0.509. The first kappa shape index (κ1) is 7.42. The van der Waals surface area contributed by atoms with Crippen LogP contribution in [-0.4, -0.2) is 12.7 Å². The molecule has 0 N–H and O–H groups in total. The van der Waals surface area contributed by atoms with Gasteiger partial charge in [0, 0.05) is 6.42 Å². The quantitative estimate of drug-likeness (QED) is 0.496. The van der Waals surface area contributed by atoms with Gasteiger partial charge in [-0.15, -0.1) is 0 Å². The van der Waals surface area contributed by atoms with E-state index in [9.17, 15) is 4.39 Å². The van der Waals surface area contributed by atoms with Crippen LogP contribution in [-0.2, 0) is 0 Å². The van der Waals surface area contributed by atoms with Gasteiger partial charge in [0.1, 0.15) is 0 Å². The van der Waals surface area contributed by atoms with Gasteiger partial charge in [0.25, 0.3) is 6.04 Å². The highest BCUT2D eigenvalue weighted by molar-refractivity contribution is 4.76. The summed E-state index contributed by atoms with van der Waals surface area (Å²) in [4.78, 5) is 3.07. The predicted molar refractivity (Wildman–Crippen MR) is 31.3 cm³/mol. The lowest BCUT2D eigenvalue weighted by Crippen LogP contribution is -2.02. The summed E-state index contributed by atoms with van der Waals surface area (Å²) in [7, 11) is 0. The van der Waals surface area contributed by atoms with E-state index in [0.29, 0.717) is 6.42 Å². The standard InChI is InChI=1S/C6H10FN/c1-3-4-6(5-7)8-2/h6H,3-5H2,1H3. The van der Waals surface area contributed by atoms with Crippen molar-refractivity contribution in [2.24, 2.45) is 0 Å². The monoisotopic (exact) mass is 115 g/mol. The number of hydrogen-bond acceptors (Lipinski definition) is 0. The van der Waals surface area contributed by atoms with Crippen molar-refractivity contribution in [3.63, 3.8) is 0 Å². The zero-order chi connectivity index (χ0) is 6.41. The number of halogens is 1. The summed E-state index contributed by atoms with van der Waals surface area (Å²) in [6.07, 6.45) is 1.59. The van der Waals surface area contributed by atoms with Crippen molar-refractivity contribution >= 4 is 0 Å². The Labute approximate surface area is 49.3 Å². The Morgan fingerprint density at radius 1 is 1.75 bits per heavy atom. The van der Waals surface area contributed by atoms with E-state index in [1.165, 1.54) is 0 Å². The lowest BCUT2D eigenvalue weighted by Gasteiger charge is -1.93. The summed E-state index contributed by atoms with van der Waals surface area (Å²) in [5.74, 6) is 0. The van der Waals surface area contributed by atoms with Crippen LogP contribution in [0.4, 0.5) is 4.39 Å². The largest absolute Gasteiger partial charge is 0.311 e. The van der Waals surface area contributed by atoms with Crippen LogP contribution in [0.5, 0.6) is 0 Å². The highest BCUT2D eigenvalue weighted by atomic mass is 19.1. The van der Waals surface area contributed by atoms with Gasteiger partial charge >= 0.3 is 0 Å². The predicted octanol–water partition coefficient (Wildman–Crippen LogP) is 2.04. The second-order valence-electron chi connectivity index (χ2n) is 1.73. The summed E-state index contributed by atoms with van der Waals surface area (Å²) >= 11 is 0. The molecule has 1 unspecified atom stereocenters. The van der Waals surface area contributed by atoms with E-state index in [-0.39, 0.29) is 6.04 Å². The average Bonchev–Trinajstić information content (AvgIpc) is 1.83. The van der Waals surface area contributed by atoms with Crippen LogP contribution in [0.3, 0.4) is 0 Å². The van der Waals surface area contributed by atoms with Crippen molar-refractivity contribution in [1.82, 2.24) is 0 Å². The molecular formula is C6H10FN. The first-order valence-corrected chi connectivity index (χ1v) is 2.77. The summed E-state index contributed by atoms with van der Waals surface area (Å²) in [5, 5.41) is 0. The molecule has 8 heavy (non-hydrogen) atoms. The fourth-order valence-electron chi connectivity index (χ4n) is 0.509. The van der Waals surface area contributed by atoms with Crippen molar-refractivity contribution in [2.45, 2.75) is 25.8 Å². The first-order chi connectivity index (χ1) is 3.85. The molecule has 0 aliphatic heterocycles. The van der Waals surface area contributed by atoms with E-state index in [4.69, 9.17) is 6.57 Å². The van der Waals surface area contributed by atoms with E-state index >= 15 is 0 Å². The van der Waals surface area contributed by atoms with E-state index in [0.717, 1.165) is 6.42 Å². The Hall–Kier alpha value is -0.580. The molecule has 0 aliphatic rings. The maximum Gasteiger partial charge on any atom is 0.251 e. The Kier molecular flexibility index (Phi) is 4.24. The molecule has 1 nitrogen and oxygen atoms in total. The van der Waals surface area contributed by atoms with Crippen molar-refractivity contribution in [3.8, 4) is 0 Å². The SMILES string of the molecule is [C-]#[N+]C(CF)CCC. The molecule has 46 valence electrons. The number of rotatable bonds is 3. The molecule has 0 saturated heterocycles. The van der Waals surface area contributed by atoms with Crippen LogP contribution < -0.4 is 0 Å². The van der Waals surface area contributed by atoms with Gasteiger partial charge in [0.2, 0.25) is 0 Å². The van der Waals surface area contributed by atoms with Crippen molar-refractivity contribution in [2.75, 3.05) is 6.67 Å². The molecule has 0 bridgehead atoms. The number of nitrogens with zero attached hydrogens (tertiary/aromatic N) is 1. The Morgan fingerprint density at radius 3 is 2.50 bits per heavy atom. The van der Waals surface area contributed by atoms with Crippen molar-refractivity contribution < 1.29 is 4.39 Å². The molecule has 0 saturated carbocycles. The minimum atomic E-state index is -0.489. The van der Waals surface area contributed by atoms with Gasteiger partial charge in [-0.2, -0.15) is 0 Å². The van der Waals surface area contributed by atoms with Crippen molar-refractivity contribution in [1.29, 1.82) is 0 Å². The second-order valence-corrected chi connectivity index (χ2v) is 1.73. The van der Waals surface area contributed by atoms with Crippen LogP contribution in [0.1, 0.15) is 19.8 Å². The Morgan fingerprint density at radius 2 is 2.38 bits per heavy atom. The smallest absolute Gasteiger partial charge is 0.251 e. The van der Waals surface area contributed by atoms with Crippen molar-refractivity contribution in [3.05, 3.63) is 11.4 Å². The normalized spacial score (nSPS) is 12.6. The summed E-state index contributed by atoms with van der Waals surface area (Å²) in [6.45, 7) is 7.91. The molecule has 0 heterocycles. The van der Waals surface area contributed by atoms with Crippen LogP contribution in [0, 0.1) is 6.57 Å². The molecule has 0 amide bonds. The fraction of sp³-hybridized carbons (Fsp3) is 0.833. The molecule has 1 atom stereocenters. The lowest BCUT2D eigenvalue weighted by atomic mass is 10.2. The highest BCUT2D eigenvalue weighted by Gasteiger charge is 2.07. The van der Waals surface area contributed by atoms with E-state index in [2.05, 4.69) is 4.85 Å². The molecule has 0 rings (SSSR count). The Bertz CT molecular complexity index is 85.0. The summed E-state index contributed by atoms with van der Waals surface area (Å²) < 4.78 is 11.6. The minimum absolute atomic E-state index is 0.375.